The third-order valence-corrected chi connectivity index (χ3v) is 6.11. The Balaban J connectivity index is 1.95. The Hall–Kier alpha value is -2.14. The molecule has 0 atom stereocenters. The van der Waals surface area contributed by atoms with Crippen molar-refractivity contribution >= 4 is 31.9 Å². The van der Waals surface area contributed by atoms with Crippen molar-refractivity contribution in [3.8, 4) is 11.5 Å². The zero-order valence-electron chi connectivity index (χ0n) is 19.4. The molecule has 0 radical (unpaired) electrons. The van der Waals surface area contributed by atoms with Gasteiger partial charge in [0.1, 0.15) is 0 Å². The topological polar surface area (TPSA) is 120 Å². The molecule has 2 rings (SSSR count). The summed E-state index contributed by atoms with van der Waals surface area (Å²) in [4.78, 5) is 12.2. The first-order valence-electron chi connectivity index (χ1n) is 10.6. The monoisotopic (exact) mass is 541 g/mol. The number of nitrogens with two attached hydrogens (primary N) is 1. The second kappa shape index (κ2) is 11.8. The first kappa shape index (κ1) is 27.1. The van der Waals surface area contributed by atoms with Crippen LogP contribution in [0.2, 0.25) is 0 Å². The molecule has 0 heterocycles. The molecule has 0 aliphatic carbocycles. The van der Waals surface area contributed by atoms with Crippen molar-refractivity contribution < 1.29 is 22.7 Å². The highest BCUT2D eigenvalue weighted by Gasteiger charge is 2.16. The molecule has 0 aromatic heterocycles. The fraction of sp³-hybridized carbons (Fsp3) is 0.435. The van der Waals surface area contributed by atoms with E-state index in [1.807, 2.05) is 33.8 Å². The summed E-state index contributed by atoms with van der Waals surface area (Å²) in [6, 6.07) is 10.2. The molecule has 2 aromatic rings. The Kier molecular flexibility index (Phi) is 9.71. The second-order valence-electron chi connectivity index (χ2n) is 8.53. The summed E-state index contributed by atoms with van der Waals surface area (Å²) < 4.78 is 34.9. The van der Waals surface area contributed by atoms with Gasteiger partial charge in [-0.15, -0.1) is 0 Å². The fourth-order valence-corrected chi connectivity index (χ4v) is 3.97. The molecule has 0 aliphatic heterocycles. The van der Waals surface area contributed by atoms with Crippen LogP contribution in [0.3, 0.4) is 0 Å². The van der Waals surface area contributed by atoms with E-state index in [1.165, 1.54) is 12.1 Å². The maximum Gasteiger partial charge on any atom is 0.258 e. The van der Waals surface area contributed by atoms with Gasteiger partial charge >= 0.3 is 0 Å². The zero-order valence-corrected chi connectivity index (χ0v) is 21.8. The van der Waals surface area contributed by atoms with E-state index >= 15 is 0 Å². The summed E-state index contributed by atoms with van der Waals surface area (Å²) in [7, 11) is -3.68. The van der Waals surface area contributed by atoms with Crippen LogP contribution in [0.15, 0.2) is 45.8 Å². The molecular weight excluding hydrogens is 510 g/mol. The molecule has 33 heavy (non-hydrogen) atoms. The number of rotatable bonds is 11. The summed E-state index contributed by atoms with van der Waals surface area (Å²) in [5, 5.41) is 11.4. The molecule has 0 saturated carbocycles. The minimum absolute atomic E-state index is 0.102. The van der Waals surface area contributed by atoms with Crippen molar-refractivity contribution in [1.82, 2.24) is 10.6 Å². The largest absolute Gasteiger partial charge is 0.490 e. The van der Waals surface area contributed by atoms with E-state index in [1.54, 1.807) is 18.2 Å². The summed E-state index contributed by atoms with van der Waals surface area (Å²) in [6.45, 7) is 9.26. The molecule has 0 aliphatic rings. The molecule has 8 nitrogen and oxygen atoms in total. The van der Waals surface area contributed by atoms with Gasteiger partial charge < -0.3 is 20.1 Å². The van der Waals surface area contributed by atoms with Crippen LogP contribution in [0.4, 0.5) is 0 Å². The minimum Gasteiger partial charge on any atom is -0.490 e. The Morgan fingerprint density at radius 1 is 1.09 bits per heavy atom. The lowest BCUT2D eigenvalue weighted by Crippen LogP contribution is -2.43. The average Bonchev–Trinajstić information content (AvgIpc) is 2.70. The van der Waals surface area contributed by atoms with Crippen LogP contribution >= 0.6 is 15.9 Å². The number of carbonyl (C=O) groups is 1. The number of sulfonamides is 1. The lowest BCUT2D eigenvalue weighted by molar-refractivity contribution is -0.124. The SMILES string of the molecule is CCOc1cc(CNCCc2ccc(S(N)(=O)=O)cc2)c(Br)cc1OCC(=O)NC(C)(C)C. The number of hydrogen-bond acceptors (Lipinski definition) is 6. The fourth-order valence-electron chi connectivity index (χ4n) is 2.99. The van der Waals surface area contributed by atoms with Crippen LogP contribution in [-0.2, 0) is 27.8 Å². The first-order valence-corrected chi connectivity index (χ1v) is 12.9. The summed E-state index contributed by atoms with van der Waals surface area (Å²) in [5.74, 6) is 0.857. The van der Waals surface area contributed by atoms with Gasteiger partial charge in [0.2, 0.25) is 10.0 Å². The third-order valence-electron chi connectivity index (χ3n) is 4.44. The Labute approximate surface area is 204 Å². The Bertz CT molecular complexity index is 1050. The van der Waals surface area contributed by atoms with E-state index in [9.17, 15) is 13.2 Å². The van der Waals surface area contributed by atoms with Crippen molar-refractivity contribution in [2.75, 3.05) is 19.8 Å². The molecule has 0 bridgehead atoms. The van der Waals surface area contributed by atoms with Gasteiger partial charge in [0, 0.05) is 16.6 Å². The summed E-state index contributed by atoms with van der Waals surface area (Å²) >= 11 is 3.57. The number of nitrogens with one attached hydrogen (secondary N) is 2. The van der Waals surface area contributed by atoms with E-state index in [0.29, 0.717) is 31.2 Å². The Morgan fingerprint density at radius 2 is 1.73 bits per heavy atom. The van der Waals surface area contributed by atoms with Gasteiger partial charge in [0.15, 0.2) is 18.1 Å². The lowest BCUT2D eigenvalue weighted by Gasteiger charge is -2.21. The summed E-state index contributed by atoms with van der Waals surface area (Å²) in [6.07, 6.45) is 0.727. The van der Waals surface area contributed by atoms with Crippen LogP contribution < -0.4 is 25.2 Å². The number of benzene rings is 2. The highest BCUT2D eigenvalue weighted by Crippen LogP contribution is 2.34. The molecule has 10 heteroatoms. The molecule has 0 spiro atoms. The van der Waals surface area contributed by atoms with Crippen LogP contribution in [0.1, 0.15) is 38.8 Å². The molecule has 0 fully saturated rings. The van der Waals surface area contributed by atoms with Crippen LogP contribution in [0, 0.1) is 0 Å². The third kappa shape index (κ3) is 9.32. The zero-order chi connectivity index (χ0) is 24.6. The van der Waals surface area contributed by atoms with Crippen molar-refractivity contribution in [1.29, 1.82) is 0 Å². The molecule has 0 saturated heterocycles. The number of carbonyl (C=O) groups excluding carboxylic acids is 1. The van der Waals surface area contributed by atoms with E-state index < -0.39 is 10.0 Å². The van der Waals surface area contributed by atoms with Gasteiger partial charge in [-0.25, -0.2) is 13.6 Å². The number of amides is 1. The van der Waals surface area contributed by atoms with Gasteiger partial charge in [0.05, 0.1) is 11.5 Å². The van der Waals surface area contributed by atoms with Crippen molar-refractivity contribution in [3.63, 3.8) is 0 Å². The van der Waals surface area contributed by atoms with Crippen LogP contribution in [0.25, 0.3) is 0 Å². The quantitative estimate of drug-likeness (QED) is 0.376. The number of halogens is 1. The van der Waals surface area contributed by atoms with Gasteiger partial charge in [0.25, 0.3) is 5.91 Å². The highest BCUT2D eigenvalue weighted by molar-refractivity contribution is 9.10. The highest BCUT2D eigenvalue weighted by atomic mass is 79.9. The van der Waals surface area contributed by atoms with Gasteiger partial charge in [-0.1, -0.05) is 28.1 Å². The maximum atomic E-state index is 12.1. The van der Waals surface area contributed by atoms with Crippen molar-refractivity contribution in [3.05, 3.63) is 52.0 Å². The van der Waals surface area contributed by atoms with E-state index in [0.717, 1.165) is 22.0 Å². The molecule has 4 N–H and O–H groups in total. The normalized spacial score (nSPS) is 11.8. The van der Waals surface area contributed by atoms with Gasteiger partial charge in [-0.2, -0.15) is 0 Å². The lowest BCUT2D eigenvalue weighted by atomic mass is 10.1. The number of ether oxygens (including phenoxy) is 2. The number of hydrogen-bond donors (Lipinski definition) is 3. The standard InChI is InChI=1S/C23H32BrN3O5S/c1-5-31-20-12-17(19(24)13-21(20)32-15-22(28)27-23(2,3)4)14-26-11-10-16-6-8-18(9-7-16)33(25,29)30/h6-9,12-13,26H,5,10-11,14-15H2,1-4H3,(H,27,28)(H2,25,29,30). The average molecular weight is 542 g/mol. The predicted octanol–water partition coefficient (Wildman–Crippen LogP) is 3.12. The van der Waals surface area contributed by atoms with Crippen molar-refractivity contribution in [2.24, 2.45) is 5.14 Å². The minimum atomic E-state index is -3.68. The van der Waals surface area contributed by atoms with E-state index in [-0.39, 0.29) is 22.9 Å². The Morgan fingerprint density at radius 3 is 2.30 bits per heavy atom. The second-order valence-corrected chi connectivity index (χ2v) is 10.9. The first-order chi connectivity index (χ1) is 15.4. The van der Waals surface area contributed by atoms with E-state index in [4.69, 9.17) is 14.6 Å². The molecule has 0 unspecified atom stereocenters. The van der Waals surface area contributed by atoms with Gasteiger partial charge in [-0.05, 0) is 76.1 Å². The molecule has 182 valence electrons. The van der Waals surface area contributed by atoms with Gasteiger partial charge in [-0.3, -0.25) is 4.79 Å². The smallest absolute Gasteiger partial charge is 0.258 e. The maximum absolute atomic E-state index is 12.1. The van der Waals surface area contributed by atoms with Crippen LogP contribution in [0.5, 0.6) is 11.5 Å². The predicted molar refractivity (Wildman–Crippen MR) is 132 cm³/mol. The summed E-state index contributed by atoms with van der Waals surface area (Å²) in [5.41, 5.74) is 1.65. The molecule has 2 aromatic carbocycles. The molecule has 1 amide bonds. The van der Waals surface area contributed by atoms with E-state index in [2.05, 4.69) is 26.6 Å². The molecular formula is C23H32BrN3O5S. The number of primary sulfonamides is 1. The van der Waals surface area contributed by atoms with Crippen molar-refractivity contribution in [2.45, 2.75) is 51.1 Å². The van der Waals surface area contributed by atoms with Crippen LogP contribution in [-0.4, -0.2) is 39.6 Å².